The number of nitrogens with zero attached hydrogens (tertiary/aromatic N) is 1. The molecule has 1 heterocycles. The number of carbonyl (C=O) groups is 1. The second kappa shape index (κ2) is 8.20. The van der Waals surface area contributed by atoms with E-state index in [1.807, 2.05) is 36.4 Å². The topological polar surface area (TPSA) is 70.8 Å². The van der Waals surface area contributed by atoms with Crippen molar-refractivity contribution in [1.82, 2.24) is 5.16 Å². The van der Waals surface area contributed by atoms with Crippen LogP contribution in [0.4, 0.5) is 0 Å². The minimum Gasteiger partial charge on any atom is -0.493 e. The molecule has 3 rings (SSSR count). The molecule has 0 aliphatic heterocycles. The zero-order chi connectivity index (χ0) is 18.4. The van der Waals surface area contributed by atoms with Gasteiger partial charge in [0.05, 0.1) is 20.6 Å². The van der Waals surface area contributed by atoms with E-state index in [4.69, 9.17) is 18.7 Å². The first-order valence-corrected chi connectivity index (χ1v) is 8.07. The number of esters is 1. The van der Waals surface area contributed by atoms with Crippen molar-refractivity contribution in [2.24, 2.45) is 0 Å². The Balaban J connectivity index is 1.62. The molecular formula is C20H19NO5. The molecule has 0 aliphatic rings. The monoisotopic (exact) mass is 353 g/mol. The lowest BCUT2D eigenvalue weighted by molar-refractivity contribution is -0.144. The molecule has 0 spiro atoms. The molecule has 0 aliphatic carbocycles. The number of methoxy groups -OCH3 is 2. The van der Waals surface area contributed by atoms with E-state index in [2.05, 4.69) is 5.16 Å². The lowest BCUT2D eigenvalue weighted by Gasteiger charge is -2.07. The van der Waals surface area contributed by atoms with E-state index in [0.717, 1.165) is 11.1 Å². The van der Waals surface area contributed by atoms with Crippen LogP contribution in [0.5, 0.6) is 11.5 Å². The van der Waals surface area contributed by atoms with E-state index in [1.165, 1.54) is 0 Å². The number of hydrogen-bond donors (Lipinski definition) is 0. The van der Waals surface area contributed by atoms with Crippen LogP contribution in [0.2, 0.25) is 0 Å². The van der Waals surface area contributed by atoms with Gasteiger partial charge < -0.3 is 18.7 Å². The third-order valence-corrected chi connectivity index (χ3v) is 3.80. The molecule has 6 heteroatoms. The summed E-state index contributed by atoms with van der Waals surface area (Å²) in [6.45, 7) is 0.0580. The minimum atomic E-state index is -0.313. The van der Waals surface area contributed by atoms with Crippen molar-refractivity contribution in [1.29, 1.82) is 0 Å². The predicted molar refractivity (Wildman–Crippen MR) is 95.0 cm³/mol. The van der Waals surface area contributed by atoms with E-state index < -0.39 is 0 Å². The van der Waals surface area contributed by atoms with Crippen LogP contribution in [0.15, 0.2) is 59.1 Å². The molecule has 0 unspecified atom stereocenters. The summed E-state index contributed by atoms with van der Waals surface area (Å²) in [5.74, 6) is 1.47. The van der Waals surface area contributed by atoms with E-state index in [9.17, 15) is 4.79 Å². The van der Waals surface area contributed by atoms with E-state index >= 15 is 0 Å². The van der Waals surface area contributed by atoms with Gasteiger partial charge >= 0.3 is 5.97 Å². The van der Waals surface area contributed by atoms with Crippen molar-refractivity contribution in [3.05, 3.63) is 65.9 Å². The van der Waals surface area contributed by atoms with Gasteiger partial charge in [-0.1, -0.05) is 35.5 Å². The largest absolute Gasteiger partial charge is 0.493 e. The van der Waals surface area contributed by atoms with Gasteiger partial charge in [-0.3, -0.25) is 4.79 Å². The summed E-state index contributed by atoms with van der Waals surface area (Å²) in [5.41, 5.74) is 2.23. The molecule has 134 valence electrons. The fourth-order valence-electron chi connectivity index (χ4n) is 2.47. The highest BCUT2D eigenvalue weighted by Crippen LogP contribution is 2.32. The summed E-state index contributed by atoms with van der Waals surface area (Å²) in [6.07, 6.45) is 0.223. The van der Waals surface area contributed by atoms with Crippen LogP contribution < -0.4 is 9.47 Å². The Morgan fingerprint density at radius 3 is 2.50 bits per heavy atom. The van der Waals surface area contributed by atoms with Gasteiger partial charge in [-0.15, -0.1) is 0 Å². The number of aromatic nitrogens is 1. The van der Waals surface area contributed by atoms with Gasteiger partial charge in [-0.05, 0) is 23.8 Å². The van der Waals surface area contributed by atoms with Crippen molar-refractivity contribution in [3.8, 4) is 22.8 Å². The summed E-state index contributed by atoms with van der Waals surface area (Å²) in [6, 6.07) is 16.6. The van der Waals surface area contributed by atoms with Crippen LogP contribution >= 0.6 is 0 Å². The highest BCUT2D eigenvalue weighted by atomic mass is 16.5. The maximum absolute atomic E-state index is 11.9. The Kier molecular flexibility index (Phi) is 5.53. The summed E-state index contributed by atoms with van der Waals surface area (Å²) in [4.78, 5) is 11.9. The Hall–Kier alpha value is -3.28. The first-order valence-electron chi connectivity index (χ1n) is 8.07. The molecule has 0 fully saturated rings. The Morgan fingerprint density at radius 2 is 1.77 bits per heavy atom. The van der Waals surface area contributed by atoms with Crippen molar-refractivity contribution < 1.29 is 23.5 Å². The molecule has 26 heavy (non-hydrogen) atoms. The summed E-state index contributed by atoms with van der Waals surface area (Å²) >= 11 is 0. The van der Waals surface area contributed by atoms with Crippen LogP contribution in [-0.2, 0) is 22.6 Å². The van der Waals surface area contributed by atoms with Crippen molar-refractivity contribution >= 4 is 5.97 Å². The maximum Gasteiger partial charge on any atom is 0.310 e. The summed E-state index contributed by atoms with van der Waals surface area (Å²) in [5, 5.41) is 3.95. The SMILES string of the molecule is COc1ccc(-c2cc(COC(=O)Cc3ccccc3)no2)cc1OC. The molecule has 0 saturated carbocycles. The van der Waals surface area contributed by atoms with Gasteiger partial charge in [0.25, 0.3) is 0 Å². The van der Waals surface area contributed by atoms with Crippen molar-refractivity contribution in [2.75, 3.05) is 14.2 Å². The van der Waals surface area contributed by atoms with Crippen molar-refractivity contribution in [3.63, 3.8) is 0 Å². The average Bonchev–Trinajstić information content (AvgIpc) is 3.15. The lowest BCUT2D eigenvalue weighted by Crippen LogP contribution is -2.07. The maximum atomic E-state index is 11.9. The van der Waals surface area contributed by atoms with Crippen molar-refractivity contribution in [2.45, 2.75) is 13.0 Å². The molecule has 0 atom stereocenters. The minimum absolute atomic E-state index is 0.0580. The summed E-state index contributed by atoms with van der Waals surface area (Å²) in [7, 11) is 3.15. The standard InChI is InChI=1S/C20H19NO5/c1-23-17-9-8-15(11-19(17)24-2)18-12-16(21-26-18)13-25-20(22)10-14-6-4-3-5-7-14/h3-9,11-12H,10,13H2,1-2H3. The number of benzene rings is 2. The molecule has 6 nitrogen and oxygen atoms in total. The first kappa shape index (κ1) is 17.5. The molecule has 2 aromatic carbocycles. The van der Waals surface area contributed by atoms with Gasteiger partial charge in [0.2, 0.25) is 0 Å². The third kappa shape index (κ3) is 4.22. The molecule has 1 aromatic heterocycles. The average molecular weight is 353 g/mol. The van der Waals surface area contributed by atoms with E-state index in [0.29, 0.717) is 23.0 Å². The summed E-state index contributed by atoms with van der Waals surface area (Å²) < 4.78 is 21.1. The third-order valence-electron chi connectivity index (χ3n) is 3.80. The Morgan fingerprint density at radius 1 is 1.00 bits per heavy atom. The second-order valence-electron chi connectivity index (χ2n) is 5.58. The Labute approximate surface area is 151 Å². The van der Waals surface area contributed by atoms with Gasteiger partial charge in [0.1, 0.15) is 12.3 Å². The zero-order valence-electron chi connectivity index (χ0n) is 14.6. The van der Waals surface area contributed by atoms with Crippen LogP contribution in [0.25, 0.3) is 11.3 Å². The zero-order valence-corrected chi connectivity index (χ0v) is 14.6. The molecule has 3 aromatic rings. The molecule has 0 amide bonds. The molecule has 0 saturated heterocycles. The van der Waals surface area contributed by atoms with Crippen LogP contribution in [-0.4, -0.2) is 25.3 Å². The van der Waals surface area contributed by atoms with Gasteiger partial charge in [-0.2, -0.15) is 0 Å². The van der Waals surface area contributed by atoms with Crippen LogP contribution in [0.1, 0.15) is 11.3 Å². The molecular weight excluding hydrogens is 334 g/mol. The molecule has 0 N–H and O–H groups in total. The van der Waals surface area contributed by atoms with Crippen LogP contribution in [0, 0.1) is 0 Å². The second-order valence-corrected chi connectivity index (χ2v) is 5.58. The molecule has 0 radical (unpaired) electrons. The lowest BCUT2D eigenvalue weighted by atomic mass is 10.1. The number of ether oxygens (including phenoxy) is 3. The smallest absolute Gasteiger partial charge is 0.310 e. The van der Waals surface area contributed by atoms with Gasteiger partial charge in [0, 0.05) is 11.6 Å². The number of carbonyl (C=O) groups excluding carboxylic acids is 1. The van der Waals surface area contributed by atoms with E-state index in [-0.39, 0.29) is 19.0 Å². The number of hydrogen-bond acceptors (Lipinski definition) is 6. The first-order chi connectivity index (χ1) is 12.7. The normalized spacial score (nSPS) is 10.4. The predicted octanol–water partition coefficient (Wildman–Crippen LogP) is 3.64. The van der Waals surface area contributed by atoms with Crippen LogP contribution in [0.3, 0.4) is 0 Å². The van der Waals surface area contributed by atoms with Gasteiger partial charge in [0.15, 0.2) is 17.3 Å². The highest BCUT2D eigenvalue weighted by Gasteiger charge is 2.12. The van der Waals surface area contributed by atoms with Gasteiger partial charge in [-0.25, -0.2) is 0 Å². The fraction of sp³-hybridized carbons (Fsp3) is 0.200. The highest BCUT2D eigenvalue weighted by molar-refractivity contribution is 5.72. The Bertz CT molecular complexity index is 873. The molecule has 0 bridgehead atoms. The fourth-order valence-corrected chi connectivity index (χ4v) is 2.47. The van der Waals surface area contributed by atoms with E-state index in [1.54, 1.807) is 32.4 Å². The quantitative estimate of drug-likeness (QED) is 0.604. The number of rotatable bonds is 7.